The molecule has 144 valence electrons. The fourth-order valence-electron chi connectivity index (χ4n) is 3.23. The minimum absolute atomic E-state index is 0.169. The molecule has 2 aromatic rings. The number of carbonyl (C=O) groups is 1. The second-order valence-electron chi connectivity index (χ2n) is 6.54. The van der Waals surface area contributed by atoms with Crippen molar-refractivity contribution < 1.29 is 19.0 Å². The molecule has 6 nitrogen and oxygen atoms in total. The SMILES string of the molecule is COC(=O)c1cccc(/C(C#N)=C/c2cnc(OC)c(OC3CCCC3)c2)c1. The van der Waals surface area contributed by atoms with Crippen molar-refractivity contribution in [2.24, 2.45) is 0 Å². The third kappa shape index (κ3) is 4.49. The molecule has 1 heterocycles. The predicted octanol–water partition coefficient (Wildman–Crippen LogP) is 4.26. The average molecular weight is 378 g/mol. The molecule has 1 aliphatic rings. The molecular formula is C22H22N2O4. The van der Waals surface area contributed by atoms with Crippen LogP contribution in [-0.2, 0) is 4.74 Å². The molecule has 6 heteroatoms. The van der Waals surface area contributed by atoms with Crippen molar-refractivity contribution in [1.82, 2.24) is 4.98 Å². The van der Waals surface area contributed by atoms with Crippen molar-refractivity contribution >= 4 is 17.6 Å². The van der Waals surface area contributed by atoms with Crippen LogP contribution in [0.2, 0.25) is 0 Å². The molecule has 0 spiro atoms. The molecule has 1 fully saturated rings. The van der Waals surface area contributed by atoms with Crippen molar-refractivity contribution in [2.75, 3.05) is 14.2 Å². The number of nitriles is 1. The predicted molar refractivity (Wildman–Crippen MR) is 105 cm³/mol. The van der Waals surface area contributed by atoms with Gasteiger partial charge in [0, 0.05) is 6.20 Å². The Hall–Kier alpha value is -3.33. The van der Waals surface area contributed by atoms with E-state index in [9.17, 15) is 10.1 Å². The fourth-order valence-corrected chi connectivity index (χ4v) is 3.23. The van der Waals surface area contributed by atoms with Crippen LogP contribution in [0, 0.1) is 11.3 Å². The summed E-state index contributed by atoms with van der Waals surface area (Å²) in [6.45, 7) is 0. The number of carbonyl (C=O) groups excluding carboxylic acids is 1. The van der Waals surface area contributed by atoms with Gasteiger partial charge in [0.05, 0.1) is 37.5 Å². The maximum absolute atomic E-state index is 11.7. The van der Waals surface area contributed by atoms with Gasteiger partial charge in [0.25, 0.3) is 5.88 Å². The van der Waals surface area contributed by atoms with Gasteiger partial charge in [-0.3, -0.25) is 0 Å². The Morgan fingerprint density at radius 2 is 1.96 bits per heavy atom. The lowest BCUT2D eigenvalue weighted by molar-refractivity contribution is 0.0600. The largest absolute Gasteiger partial charge is 0.485 e. The first-order chi connectivity index (χ1) is 13.6. The Bertz CT molecular complexity index is 924. The van der Waals surface area contributed by atoms with Crippen LogP contribution in [0.15, 0.2) is 36.5 Å². The molecule has 1 aliphatic carbocycles. The molecule has 3 rings (SSSR count). The van der Waals surface area contributed by atoms with E-state index in [1.54, 1.807) is 43.6 Å². The van der Waals surface area contributed by atoms with Crippen LogP contribution in [-0.4, -0.2) is 31.3 Å². The smallest absolute Gasteiger partial charge is 0.337 e. The maximum atomic E-state index is 11.7. The Morgan fingerprint density at radius 1 is 1.21 bits per heavy atom. The van der Waals surface area contributed by atoms with Gasteiger partial charge in [0.1, 0.15) is 0 Å². The van der Waals surface area contributed by atoms with Gasteiger partial charge in [-0.15, -0.1) is 0 Å². The first kappa shape index (κ1) is 19.4. The lowest BCUT2D eigenvalue weighted by Gasteiger charge is -2.15. The Kier molecular flexibility index (Phi) is 6.28. The molecule has 0 amide bonds. The van der Waals surface area contributed by atoms with E-state index in [2.05, 4.69) is 11.1 Å². The summed E-state index contributed by atoms with van der Waals surface area (Å²) in [6.07, 6.45) is 7.87. The van der Waals surface area contributed by atoms with Gasteiger partial charge in [-0.25, -0.2) is 9.78 Å². The number of allylic oxidation sites excluding steroid dienone is 1. The number of aromatic nitrogens is 1. The summed E-state index contributed by atoms with van der Waals surface area (Å²) in [5.41, 5.74) is 2.14. The second-order valence-corrected chi connectivity index (χ2v) is 6.54. The van der Waals surface area contributed by atoms with Crippen LogP contribution >= 0.6 is 0 Å². The number of nitrogens with zero attached hydrogens (tertiary/aromatic N) is 2. The van der Waals surface area contributed by atoms with Crippen LogP contribution in [0.5, 0.6) is 11.6 Å². The molecule has 1 aromatic heterocycles. The van der Waals surface area contributed by atoms with Crippen molar-refractivity contribution in [3.05, 3.63) is 53.2 Å². The zero-order valence-corrected chi connectivity index (χ0v) is 16.0. The van der Waals surface area contributed by atoms with Crippen molar-refractivity contribution in [3.63, 3.8) is 0 Å². The highest BCUT2D eigenvalue weighted by Crippen LogP contribution is 2.31. The van der Waals surface area contributed by atoms with Crippen LogP contribution in [0.4, 0.5) is 0 Å². The highest BCUT2D eigenvalue weighted by molar-refractivity contribution is 5.94. The molecule has 0 bridgehead atoms. The van der Waals surface area contributed by atoms with Crippen LogP contribution < -0.4 is 9.47 Å². The summed E-state index contributed by atoms with van der Waals surface area (Å²) >= 11 is 0. The third-order valence-electron chi connectivity index (χ3n) is 4.65. The van der Waals surface area contributed by atoms with Gasteiger partial charge < -0.3 is 14.2 Å². The number of hydrogen-bond acceptors (Lipinski definition) is 6. The highest BCUT2D eigenvalue weighted by Gasteiger charge is 2.19. The fraction of sp³-hybridized carbons (Fsp3) is 0.318. The topological polar surface area (TPSA) is 81.4 Å². The van der Waals surface area contributed by atoms with E-state index in [0.717, 1.165) is 25.7 Å². The van der Waals surface area contributed by atoms with E-state index in [1.165, 1.54) is 7.11 Å². The summed E-state index contributed by atoms with van der Waals surface area (Å²) in [7, 11) is 2.88. The van der Waals surface area contributed by atoms with Gasteiger partial charge in [0.2, 0.25) is 0 Å². The number of rotatable bonds is 6. The van der Waals surface area contributed by atoms with Crippen molar-refractivity contribution in [1.29, 1.82) is 5.26 Å². The zero-order valence-electron chi connectivity index (χ0n) is 16.0. The van der Waals surface area contributed by atoms with Gasteiger partial charge in [-0.05, 0) is 61.1 Å². The summed E-state index contributed by atoms with van der Waals surface area (Å²) in [4.78, 5) is 16.1. The molecule has 28 heavy (non-hydrogen) atoms. The number of methoxy groups -OCH3 is 2. The molecule has 0 saturated heterocycles. The van der Waals surface area contributed by atoms with Gasteiger partial charge >= 0.3 is 5.97 Å². The molecular weight excluding hydrogens is 356 g/mol. The highest BCUT2D eigenvalue weighted by atomic mass is 16.5. The van der Waals surface area contributed by atoms with Crippen LogP contribution in [0.1, 0.15) is 47.2 Å². The second kappa shape index (κ2) is 9.05. The number of hydrogen-bond donors (Lipinski definition) is 0. The Balaban J connectivity index is 1.92. The van der Waals surface area contributed by atoms with Gasteiger partial charge in [-0.2, -0.15) is 5.26 Å². The average Bonchev–Trinajstić information content (AvgIpc) is 3.24. The zero-order chi connectivity index (χ0) is 19.9. The van der Waals surface area contributed by atoms with E-state index >= 15 is 0 Å². The van der Waals surface area contributed by atoms with E-state index in [1.807, 2.05) is 6.07 Å². The van der Waals surface area contributed by atoms with Crippen molar-refractivity contribution in [2.45, 2.75) is 31.8 Å². The lowest BCUT2D eigenvalue weighted by atomic mass is 10.0. The van der Waals surface area contributed by atoms with Crippen LogP contribution in [0.3, 0.4) is 0 Å². The number of pyridine rings is 1. The number of ether oxygens (including phenoxy) is 3. The monoisotopic (exact) mass is 378 g/mol. The minimum Gasteiger partial charge on any atom is -0.485 e. The standard InChI is InChI=1S/C22H22N2O4/c1-26-21-20(28-19-8-3-4-9-19)11-15(14-24-21)10-18(13-23)16-6-5-7-17(12-16)22(25)27-2/h5-7,10-12,14,19H,3-4,8-9H2,1-2H3/b18-10+. The molecule has 0 atom stereocenters. The van der Waals surface area contributed by atoms with E-state index < -0.39 is 5.97 Å². The molecule has 0 aliphatic heterocycles. The third-order valence-corrected chi connectivity index (χ3v) is 4.65. The number of benzene rings is 1. The van der Waals surface area contributed by atoms with Crippen LogP contribution in [0.25, 0.3) is 11.6 Å². The maximum Gasteiger partial charge on any atom is 0.337 e. The first-order valence-corrected chi connectivity index (χ1v) is 9.16. The molecule has 0 N–H and O–H groups in total. The molecule has 1 saturated carbocycles. The van der Waals surface area contributed by atoms with Gasteiger partial charge in [0.15, 0.2) is 5.75 Å². The Labute approximate surface area is 164 Å². The normalized spacial score (nSPS) is 14.4. The Morgan fingerprint density at radius 3 is 2.64 bits per heavy atom. The molecule has 1 aromatic carbocycles. The minimum atomic E-state index is -0.447. The quantitative estimate of drug-likeness (QED) is 0.552. The first-order valence-electron chi connectivity index (χ1n) is 9.16. The molecule has 0 radical (unpaired) electrons. The van der Waals surface area contributed by atoms with Gasteiger partial charge in [-0.1, -0.05) is 12.1 Å². The van der Waals surface area contributed by atoms with E-state index in [0.29, 0.717) is 33.9 Å². The summed E-state index contributed by atoms with van der Waals surface area (Å²) in [5.74, 6) is 0.552. The van der Waals surface area contributed by atoms with E-state index in [-0.39, 0.29) is 6.10 Å². The summed E-state index contributed by atoms with van der Waals surface area (Å²) < 4.78 is 16.1. The lowest BCUT2D eigenvalue weighted by Crippen LogP contribution is -2.12. The van der Waals surface area contributed by atoms with Crippen molar-refractivity contribution in [3.8, 4) is 17.7 Å². The molecule has 0 unspecified atom stereocenters. The van der Waals surface area contributed by atoms with E-state index in [4.69, 9.17) is 14.2 Å². The summed E-state index contributed by atoms with van der Waals surface area (Å²) in [5, 5.41) is 9.62. The number of esters is 1. The summed E-state index contributed by atoms with van der Waals surface area (Å²) in [6, 6.07) is 10.8.